The number of aryl methyl sites for hydroxylation is 2. The zero-order chi connectivity index (χ0) is 22.0. The third kappa shape index (κ3) is 4.20. The summed E-state index contributed by atoms with van der Waals surface area (Å²) in [5, 5.41) is 4.29. The first kappa shape index (κ1) is 21.5. The molecule has 3 aromatic heterocycles. The van der Waals surface area contributed by atoms with Gasteiger partial charge in [-0.15, -0.1) is 0 Å². The van der Waals surface area contributed by atoms with Crippen LogP contribution in [0.25, 0.3) is 5.82 Å². The molecule has 4 rings (SSSR count). The molecule has 6 nitrogen and oxygen atoms in total. The summed E-state index contributed by atoms with van der Waals surface area (Å²) in [7, 11) is 1.73. The zero-order valence-electron chi connectivity index (χ0n) is 18.5. The molecule has 0 bridgehead atoms. The van der Waals surface area contributed by atoms with E-state index < -0.39 is 0 Å². The molecule has 0 radical (unpaired) electrons. The van der Waals surface area contributed by atoms with E-state index in [0.717, 1.165) is 35.3 Å². The molecule has 1 aliphatic heterocycles. The smallest absolute Gasteiger partial charge is 0.170 e. The second-order valence-corrected chi connectivity index (χ2v) is 8.41. The minimum absolute atomic E-state index is 0.0179. The topological polar surface area (TPSA) is 55.2 Å². The summed E-state index contributed by atoms with van der Waals surface area (Å²) in [6.07, 6.45) is 4.61. The Morgan fingerprint density at radius 3 is 2.65 bits per heavy atom. The van der Waals surface area contributed by atoms with Crippen LogP contribution in [0.2, 0.25) is 0 Å². The van der Waals surface area contributed by atoms with E-state index in [4.69, 9.17) is 17.0 Å². The maximum Gasteiger partial charge on any atom is 0.170 e. The van der Waals surface area contributed by atoms with Crippen molar-refractivity contribution in [2.75, 3.05) is 20.3 Å². The summed E-state index contributed by atoms with van der Waals surface area (Å²) in [5.41, 5.74) is 5.74. The Morgan fingerprint density at radius 2 is 1.94 bits per heavy atom. The fourth-order valence-corrected chi connectivity index (χ4v) is 4.78. The highest BCUT2D eigenvalue weighted by molar-refractivity contribution is 7.80. The van der Waals surface area contributed by atoms with Crippen molar-refractivity contribution >= 4 is 17.3 Å². The standard InChI is InChI=1S/C24H29N5OS/c1-16-9-11-26-21(14-16)29-17(2)15-19(18(29)3)23-22(20-8-5-6-10-25-20)27-24(31)28(23)12-7-13-30-4/h5-6,8-11,14-15,22-23H,7,12-13H2,1-4H3,(H,27,31)/t22-,23+/m1/s1. The van der Waals surface area contributed by atoms with E-state index in [2.05, 4.69) is 63.7 Å². The minimum atomic E-state index is -0.0179. The average Bonchev–Trinajstić information content (AvgIpc) is 3.24. The number of nitrogens with zero attached hydrogens (tertiary/aromatic N) is 4. The second kappa shape index (κ2) is 9.16. The molecule has 0 unspecified atom stereocenters. The highest BCUT2D eigenvalue weighted by Gasteiger charge is 2.41. The zero-order valence-corrected chi connectivity index (χ0v) is 19.3. The molecule has 4 heterocycles. The molecular formula is C24H29N5OS. The Kier molecular flexibility index (Phi) is 6.34. The van der Waals surface area contributed by atoms with Crippen molar-refractivity contribution in [3.63, 3.8) is 0 Å². The van der Waals surface area contributed by atoms with E-state index in [1.807, 2.05) is 30.6 Å². The number of nitrogens with one attached hydrogen (secondary N) is 1. The molecule has 3 aromatic rings. The summed E-state index contributed by atoms with van der Waals surface area (Å²) >= 11 is 5.76. The van der Waals surface area contributed by atoms with Crippen LogP contribution in [0.5, 0.6) is 0 Å². The van der Waals surface area contributed by atoms with Crippen LogP contribution >= 0.6 is 12.2 Å². The van der Waals surface area contributed by atoms with E-state index in [9.17, 15) is 0 Å². The van der Waals surface area contributed by atoms with Crippen LogP contribution in [-0.4, -0.2) is 44.8 Å². The number of hydrogen-bond donors (Lipinski definition) is 1. The van der Waals surface area contributed by atoms with Gasteiger partial charge in [-0.05, 0) is 80.9 Å². The number of ether oxygens (including phenoxy) is 1. The van der Waals surface area contributed by atoms with Gasteiger partial charge in [-0.1, -0.05) is 6.07 Å². The lowest BCUT2D eigenvalue weighted by Gasteiger charge is -2.28. The third-order valence-electron chi connectivity index (χ3n) is 5.86. The molecule has 1 aliphatic rings. The van der Waals surface area contributed by atoms with Crippen LogP contribution in [0.15, 0.2) is 48.8 Å². The number of pyridine rings is 2. The van der Waals surface area contributed by atoms with Crippen molar-refractivity contribution in [2.45, 2.75) is 39.3 Å². The SMILES string of the molecule is COCCCN1C(=S)N[C@H](c2ccccn2)[C@@H]1c1cc(C)n(-c2cc(C)ccn2)c1C. The van der Waals surface area contributed by atoms with E-state index >= 15 is 0 Å². The Bertz CT molecular complexity index is 1070. The first-order valence-electron chi connectivity index (χ1n) is 10.6. The lowest BCUT2D eigenvalue weighted by Crippen LogP contribution is -2.31. The molecule has 162 valence electrons. The van der Waals surface area contributed by atoms with Crippen molar-refractivity contribution in [3.8, 4) is 5.82 Å². The lowest BCUT2D eigenvalue weighted by molar-refractivity contribution is 0.180. The van der Waals surface area contributed by atoms with Gasteiger partial charge < -0.3 is 19.5 Å². The van der Waals surface area contributed by atoms with Gasteiger partial charge in [-0.3, -0.25) is 4.98 Å². The summed E-state index contributed by atoms with van der Waals surface area (Å²) in [6, 6.07) is 12.5. The quantitative estimate of drug-likeness (QED) is 0.443. The minimum Gasteiger partial charge on any atom is -0.385 e. The number of hydrogen-bond acceptors (Lipinski definition) is 4. The lowest BCUT2D eigenvalue weighted by atomic mass is 9.96. The van der Waals surface area contributed by atoms with Gasteiger partial charge in [0, 0.05) is 44.0 Å². The molecule has 1 fully saturated rings. The first-order chi connectivity index (χ1) is 15.0. The predicted molar refractivity (Wildman–Crippen MR) is 126 cm³/mol. The Morgan fingerprint density at radius 1 is 1.10 bits per heavy atom. The van der Waals surface area contributed by atoms with Gasteiger partial charge in [0.15, 0.2) is 5.11 Å². The highest BCUT2D eigenvalue weighted by atomic mass is 32.1. The Labute approximate surface area is 189 Å². The maximum atomic E-state index is 5.76. The van der Waals surface area contributed by atoms with E-state index in [-0.39, 0.29) is 12.1 Å². The van der Waals surface area contributed by atoms with Crippen LogP contribution in [-0.2, 0) is 4.74 Å². The van der Waals surface area contributed by atoms with Crippen molar-refractivity contribution in [3.05, 3.63) is 77.0 Å². The molecule has 0 aromatic carbocycles. The Hall–Kier alpha value is -2.77. The van der Waals surface area contributed by atoms with Crippen LogP contribution in [0.3, 0.4) is 0 Å². The molecule has 0 amide bonds. The molecule has 31 heavy (non-hydrogen) atoms. The van der Waals surface area contributed by atoms with E-state index in [1.54, 1.807) is 7.11 Å². The molecule has 7 heteroatoms. The molecule has 0 spiro atoms. The summed E-state index contributed by atoms with van der Waals surface area (Å²) in [6.45, 7) is 7.91. The summed E-state index contributed by atoms with van der Waals surface area (Å²) < 4.78 is 7.52. The molecule has 0 saturated carbocycles. The van der Waals surface area contributed by atoms with Gasteiger partial charge in [0.05, 0.1) is 17.8 Å². The van der Waals surface area contributed by atoms with Gasteiger partial charge >= 0.3 is 0 Å². The molecular weight excluding hydrogens is 406 g/mol. The predicted octanol–water partition coefficient (Wildman–Crippen LogP) is 4.20. The van der Waals surface area contributed by atoms with Crippen LogP contribution < -0.4 is 5.32 Å². The van der Waals surface area contributed by atoms with Crippen LogP contribution in [0.1, 0.15) is 46.7 Å². The van der Waals surface area contributed by atoms with E-state index in [0.29, 0.717) is 6.61 Å². The largest absolute Gasteiger partial charge is 0.385 e. The molecule has 2 atom stereocenters. The van der Waals surface area contributed by atoms with Crippen molar-refractivity contribution in [1.82, 2.24) is 24.8 Å². The van der Waals surface area contributed by atoms with E-state index in [1.165, 1.54) is 16.8 Å². The van der Waals surface area contributed by atoms with Gasteiger partial charge in [-0.25, -0.2) is 4.98 Å². The number of thiocarbonyl (C=S) groups is 1. The van der Waals surface area contributed by atoms with Gasteiger partial charge in [0.25, 0.3) is 0 Å². The van der Waals surface area contributed by atoms with Gasteiger partial charge in [0.1, 0.15) is 5.82 Å². The number of methoxy groups -OCH3 is 1. The monoisotopic (exact) mass is 435 g/mol. The number of rotatable bonds is 7. The molecule has 1 saturated heterocycles. The van der Waals surface area contributed by atoms with Gasteiger partial charge in [0.2, 0.25) is 0 Å². The van der Waals surface area contributed by atoms with Crippen molar-refractivity contribution in [2.24, 2.45) is 0 Å². The summed E-state index contributed by atoms with van der Waals surface area (Å²) in [5.74, 6) is 0.940. The average molecular weight is 436 g/mol. The normalized spacial score (nSPS) is 18.5. The van der Waals surface area contributed by atoms with Crippen molar-refractivity contribution < 1.29 is 4.74 Å². The fourth-order valence-electron chi connectivity index (χ4n) is 4.45. The van der Waals surface area contributed by atoms with Crippen molar-refractivity contribution in [1.29, 1.82) is 0 Å². The number of aromatic nitrogens is 3. The molecule has 0 aliphatic carbocycles. The van der Waals surface area contributed by atoms with Crippen LogP contribution in [0.4, 0.5) is 0 Å². The van der Waals surface area contributed by atoms with Gasteiger partial charge in [-0.2, -0.15) is 0 Å². The second-order valence-electron chi connectivity index (χ2n) is 8.02. The third-order valence-corrected chi connectivity index (χ3v) is 6.22. The maximum absolute atomic E-state index is 5.76. The summed E-state index contributed by atoms with van der Waals surface area (Å²) in [4.78, 5) is 11.5. The Balaban J connectivity index is 1.79. The van der Waals surface area contributed by atoms with Crippen LogP contribution in [0, 0.1) is 20.8 Å². The molecule has 1 N–H and O–H groups in total. The highest BCUT2D eigenvalue weighted by Crippen LogP contribution is 2.41. The fraction of sp³-hybridized carbons (Fsp3) is 0.375. The first-order valence-corrected chi connectivity index (χ1v) is 11.0.